The largest absolute Gasteiger partial charge is 0.300 e. The summed E-state index contributed by atoms with van der Waals surface area (Å²) in [6.07, 6.45) is 0.867. The summed E-state index contributed by atoms with van der Waals surface area (Å²) >= 11 is 0. The smallest absolute Gasteiger partial charge is 0.151 e. The van der Waals surface area contributed by atoms with Crippen LogP contribution in [0.1, 0.15) is 75.1 Å². The second-order valence-electron chi connectivity index (χ2n) is 9.23. The fraction of sp³-hybridized carbons (Fsp3) is 0.609. The Kier molecular flexibility index (Phi) is 5.89. The summed E-state index contributed by atoms with van der Waals surface area (Å²) in [7, 11) is 0. The molecule has 1 aliphatic carbocycles. The number of rotatable bonds is 5. The zero-order valence-electron chi connectivity index (χ0n) is 17.2. The molecule has 0 aliphatic heterocycles. The number of carbonyl (C=O) groups is 3. The topological polar surface area (TPSA) is 51.2 Å². The molecule has 0 saturated heterocycles. The highest BCUT2D eigenvalue weighted by Gasteiger charge is 2.43. The molecule has 26 heavy (non-hydrogen) atoms. The van der Waals surface area contributed by atoms with Gasteiger partial charge in [0.2, 0.25) is 0 Å². The van der Waals surface area contributed by atoms with E-state index in [0.29, 0.717) is 6.42 Å². The van der Waals surface area contributed by atoms with Crippen molar-refractivity contribution in [3.63, 3.8) is 0 Å². The minimum atomic E-state index is -0.687. The lowest BCUT2D eigenvalue weighted by Gasteiger charge is -2.26. The minimum absolute atomic E-state index is 0.0354. The third kappa shape index (κ3) is 4.31. The first-order chi connectivity index (χ1) is 11.9. The zero-order chi connectivity index (χ0) is 19.8. The van der Waals surface area contributed by atoms with Gasteiger partial charge in [0.1, 0.15) is 17.5 Å². The van der Waals surface area contributed by atoms with Crippen LogP contribution in [0.2, 0.25) is 0 Å². The number of aryl methyl sites for hydroxylation is 3. The van der Waals surface area contributed by atoms with E-state index >= 15 is 0 Å². The molecule has 0 bridgehead atoms. The van der Waals surface area contributed by atoms with Crippen LogP contribution in [0, 0.1) is 38.0 Å². The molecule has 3 atom stereocenters. The van der Waals surface area contributed by atoms with Gasteiger partial charge in [-0.25, -0.2) is 0 Å². The van der Waals surface area contributed by atoms with Crippen LogP contribution in [0.15, 0.2) is 12.1 Å². The maximum atomic E-state index is 13.0. The molecule has 142 valence electrons. The van der Waals surface area contributed by atoms with Gasteiger partial charge in [-0.2, -0.15) is 0 Å². The third-order valence-corrected chi connectivity index (χ3v) is 5.97. The van der Waals surface area contributed by atoms with E-state index in [1.54, 1.807) is 0 Å². The van der Waals surface area contributed by atoms with Crippen molar-refractivity contribution in [2.24, 2.45) is 17.3 Å². The van der Waals surface area contributed by atoms with Gasteiger partial charge < -0.3 is 0 Å². The Morgan fingerprint density at radius 1 is 1.12 bits per heavy atom. The highest BCUT2D eigenvalue weighted by atomic mass is 16.2. The normalized spacial score (nSPS) is 22.0. The van der Waals surface area contributed by atoms with Crippen molar-refractivity contribution in [3.05, 3.63) is 34.4 Å². The maximum Gasteiger partial charge on any atom is 0.151 e. The van der Waals surface area contributed by atoms with Crippen LogP contribution < -0.4 is 0 Å². The van der Waals surface area contributed by atoms with Gasteiger partial charge in [0.15, 0.2) is 5.78 Å². The predicted octanol–water partition coefficient (Wildman–Crippen LogP) is 4.89. The van der Waals surface area contributed by atoms with Gasteiger partial charge in [-0.05, 0) is 48.8 Å². The summed E-state index contributed by atoms with van der Waals surface area (Å²) in [4.78, 5) is 38.0. The molecule has 3 heteroatoms. The summed E-state index contributed by atoms with van der Waals surface area (Å²) in [6.45, 7) is 14.4. The fourth-order valence-corrected chi connectivity index (χ4v) is 3.98. The van der Waals surface area contributed by atoms with Crippen LogP contribution >= 0.6 is 0 Å². The fourth-order valence-electron chi connectivity index (χ4n) is 3.98. The van der Waals surface area contributed by atoms with Crippen LogP contribution in [0.5, 0.6) is 0 Å². The van der Waals surface area contributed by atoms with E-state index in [0.717, 1.165) is 22.3 Å². The van der Waals surface area contributed by atoms with Crippen molar-refractivity contribution in [1.29, 1.82) is 0 Å². The Morgan fingerprint density at radius 2 is 1.65 bits per heavy atom. The van der Waals surface area contributed by atoms with E-state index < -0.39 is 11.8 Å². The molecular formula is C23H32O3. The van der Waals surface area contributed by atoms with E-state index in [1.165, 1.54) is 0 Å². The number of hydrogen-bond donors (Lipinski definition) is 0. The molecule has 0 radical (unpaired) electrons. The number of ketones is 3. The molecule has 0 spiro atoms. The van der Waals surface area contributed by atoms with Gasteiger partial charge in [-0.15, -0.1) is 0 Å². The molecule has 1 saturated carbocycles. The highest BCUT2D eigenvalue weighted by Crippen LogP contribution is 2.38. The Balaban J connectivity index is 2.16. The van der Waals surface area contributed by atoms with Crippen molar-refractivity contribution in [1.82, 2.24) is 0 Å². The van der Waals surface area contributed by atoms with E-state index in [2.05, 4.69) is 27.7 Å². The molecule has 2 rings (SSSR count). The predicted molar refractivity (Wildman–Crippen MR) is 104 cm³/mol. The Morgan fingerprint density at radius 3 is 2.15 bits per heavy atom. The summed E-state index contributed by atoms with van der Waals surface area (Å²) in [6, 6.07) is 4.04. The number of benzene rings is 1. The molecular weight excluding hydrogens is 324 g/mol. The molecule has 0 heterocycles. The molecule has 1 fully saturated rings. The van der Waals surface area contributed by atoms with Crippen LogP contribution in [-0.4, -0.2) is 17.3 Å². The maximum absolute atomic E-state index is 13.0. The summed E-state index contributed by atoms with van der Waals surface area (Å²) in [5.41, 5.74) is 4.02. The number of hydrogen-bond acceptors (Lipinski definition) is 3. The Labute approximate surface area is 157 Å². The van der Waals surface area contributed by atoms with E-state index in [-0.39, 0.29) is 41.5 Å². The summed E-state index contributed by atoms with van der Waals surface area (Å²) in [5.74, 6) is -0.898. The number of carbonyl (C=O) groups excluding carboxylic acids is 3. The van der Waals surface area contributed by atoms with E-state index in [4.69, 9.17) is 0 Å². The molecule has 0 aromatic heterocycles. The lowest BCUT2D eigenvalue weighted by molar-refractivity contribution is -0.128. The van der Waals surface area contributed by atoms with Crippen molar-refractivity contribution in [2.75, 3.05) is 0 Å². The molecule has 1 aromatic rings. The van der Waals surface area contributed by atoms with Gasteiger partial charge in [-0.1, -0.05) is 45.4 Å². The van der Waals surface area contributed by atoms with Crippen molar-refractivity contribution in [3.8, 4) is 0 Å². The average molecular weight is 357 g/mol. The Bertz CT molecular complexity index is 713. The second kappa shape index (κ2) is 7.46. The van der Waals surface area contributed by atoms with Crippen molar-refractivity contribution in [2.45, 2.75) is 73.6 Å². The van der Waals surface area contributed by atoms with Crippen LogP contribution in [0.4, 0.5) is 0 Å². The molecule has 1 aromatic carbocycles. The van der Waals surface area contributed by atoms with Crippen molar-refractivity contribution < 1.29 is 14.4 Å². The molecule has 0 amide bonds. The van der Waals surface area contributed by atoms with Crippen LogP contribution in [0.25, 0.3) is 0 Å². The summed E-state index contributed by atoms with van der Waals surface area (Å²) < 4.78 is 0. The third-order valence-electron chi connectivity index (χ3n) is 5.97. The van der Waals surface area contributed by atoms with Gasteiger partial charge in [-0.3, -0.25) is 14.4 Å². The van der Waals surface area contributed by atoms with Gasteiger partial charge >= 0.3 is 0 Å². The van der Waals surface area contributed by atoms with Crippen LogP contribution in [-0.2, 0) is 14.4 Å². The first-order valence-electron chi connectivity index (χ1n) is 9.57. The van der Waals surface area contributed by atoms with Crippen molar-refractivity contribution >= 4 is 17.3 Å². The SMILES string of the molecule is Cc1cc(C)c(C2C(=O)CC(CC(=O)CC(C)C(C)(C)C)C2=O)c(C)c1. The van der Waals surface area contributed by atoms with Crippen LogP contribution in [0.3, 0.4) is 0 Å². The average Bonchev–Trinajstić information content (AvgIpc) is 2.72. The molecule has 0 N–H and O–H groups in total. The molecule has 1 aliphatic rings. The summed E-state index contributed by atoms with van der Waals surface area (Å²) in [5, 5.41) is 0. The molecule has 3 nitrogen and oxygen atoms in total. The first kappa shape index (κ1) is 20.5. The zero-order valence-corrected chi connectivity index (χ0v) is 17.2. The van der Waals surface area contributed by atoms with Gasteiger partial charge in [0.05, 0.1) is 0 Å². The molecule has 3 unspecified atom stereocenters. The number of Topliss-reactive ketones (excluding diaryl/α,β-unsaturated/α-hetero) is 3. The monoisotopic (exact) mass is 356 g/mol. The highest BCUT2D eigenvalue weighted by molar-refractivity contribution is 6.15. The second-order valence-corrected chi connectivity index (χ2v) is 9.23. The Hall–Kier alpha value is -1.77. The van der Waals surface area contributed by atoms with E-state index in [1.807, 2.05) is 32.9 Å². The quantitative estimate of drug-likeness (QED) is 0.706. The standard InChI is InChI=1S/C23H32O3/c1-13-8-14(2)20(15(3)9-13)21-19(25)12-17(22(21)26)11-18(24)10-16(4)23(5,6)7/h8-9,16-17,21H,10-12H2,1-7H3. The van der Waals surface area contributed by atoms with E-state index in [9.17, 15) is 14.4 Å². The van der Waals surface area contributed by atoms with Gasteiger partial charge in [0.25, 0.3) is 0 Å². The van der Waals surface area contributed by atoms with Gasteiger partial charge in [0, 0.05) is 25.2 Å². The lowest BCUT2D eigenvalue weighted by Crippen LogP contribution is -2.23. The minimum Gasteiger partial charge on any atom is -0.300 e. The lowest BCUT2D eigenvalue weighted by atomic mass is 9.78. The first-order valence-corrected chi connectivity index (χ1v) is 9.57.